The molecule has 0 saturated carbocycles. The van der Waals surface area contributed by atoms with Gasteiger partial charge in [0.25, 0.3) is 0 Å². The molecule has 0 aromatic heterocycles. The fourth-order valence-corrected chi connectivity index (χ4v) is 4.19. The second-order valence-corrected chi connectivity index (χ2v) is 7.80. The van der Waals surface area contributed by atoms with E-state index in [4.69, 9.17) is 4.74 Å². The highest BCUT2D eigenvalue weighted by atomic mass is 16.5. The van der Waals surface area contributed by atoms with Crippen LogP contribution in [0.15, 0.2) is 18.2 Å². The smallest absolute Gasteiger partial charge is 0.321 e. The van der Waals surface area contributed by atoms with Gasteiger partial charge in [0.2, 0.25) is 0 Å². The molecular formula is C21H34N4O2. The lowest BCUT2D eigenvalue weighted by Gasteiger charge is -2.40. The minimum Gasteiger partial charge on any atom is -0.378 e. The van der Waals surface area contributed by atoms with Crippen LogP contribution in [0, 0.1) is 6.92 Å². The van der Waals surface area contributed by atoms with E-state index in [1.807, 2.05) is 18.0 Å². The van der Waals surface area contributed by atoms with Crippen LogP contribution >= 0.6 is 0 Å². The number of hydrogen-bond acceptors (Lipinski definition) is 4. The van der Waals surface area contributed by atoms with Crippen LogP contribution in [0.3, 0.4) is 0 Å². The molecule has 0 unspecified atom stereocenters. The molecule has 2 atom stereocenters. The molecular weight excluding hydrogens is 340 g/mol. The Labute approximate surface area is 163 Å². The highest BCUT2D eigenvalue weighted by Gasteiger charge is 2.29. The molecule has 0 bridgehead atoms. The summed E-state index contributed by atoms with van der Waals surface area (Å²) in [5.41, 5.74) is 3.18. The van der Waals surface area contributed by atoms with Gasteiger partial charge in [-0.15, -0.1) is 0 Å². The van der Waals surface area contributed by atoms with Crippen LogP contribution in [0.1, 0.15) is 32.3 Å². The number of hydrogen-bond donors (Lipinski definition) is 1. The summed E-state index contributed by atoms with van der Waals surface area (Å²) in [6.45, 7) is 12.1. The van der Waals surface area contributed by atoms with Crippen molar-refractivity contribution in [3.8, 4) is 0 Å². The number of urea groups is 1. The van der Waals surface area contributed by atoms with E-state index >= 15 is 0 Å². The van der Waals surface area contributed by atoms with E-state index in [9.17, 15) is 4.79 Å². The number of carbonyl (C=O) groups excluding carboxylic acids is 1. The molecule has 0 radical (unpaired) electrons. The average Bonchev–Trinajstić information content (AvgIpc) is 2.69. The van der Waals surface area contributed by atoms with Gasteiger partial charge in [0.1, 0.15) is 0 Å². The molecule has 27 heavy (non-hydrogen) atoms. The van der Waals surface area contributed by atoms with Crippen LogP contribution < -0.4 is 10.2 Å². The number of anilines is 2. The first-order valence-corrected chi connectivity index (χ1v) is 10.2. The normalized spacial score (nSPS) is 23.9. The quantitative estimate of drug-likeness (QED) is 0.879. The molecule has 2 amide bonds. The van der Waals surface area contributed by atoms with Gasteiger partial charge in [0, 0.05) is 50.1 Å². The number of aryl methyl sites for hydroxylation is 1. The minimum absolute atomic E-state index is 0.0145. The standard InChI is InChI=1S/C21H34N4O2/c1-5-24-9-8-18(15-17(24)3)23(4)21(26)22-20-7-6-19(14-16(20)2)25-10-12-27-13-11-25/h6-7,14,17-18H,5,8-13,15H2,1-4H3,(H,22,26)/t17-,18-/m1/s1. The minimum atomic E-state index is -0.0145. The Morgan fingerprint density at radius 3 is 2.67 bits per heavy atom. The van der Waals surface area contributed by atoms with Gasteiger partial charge >= 0.3 is 6.03 Å². The summed E-state index contributed by atoms with van der Waals surface area (Å²) in [6.07, 6.45) is 2.07. The SMILES string of the molecule is CCN1CC[C@@H](N(C)C(=O)Nc2ccc(N3CCOCC3)cc2C)C[C@H]1C. The third kappa shape index (κ3) is 4.74. The van der Waals surface area contributed by atoms with E-state index < -0.39 is 0 Å². The van der Waals surface area contributed by atoms with Crippen LogP contribution in [-0.4, -0.2) is 74.4 Å². The average molecular weight is 375 g/mol. The summed E-state index contributed by atoms with van der Waals surface area (Å²) in [5, 5.41) is 3.11. The van der Waals surface area contributed by atoms with Crippen LogP contribution in [0.4, 0.5) is 16.2 Å². The summed E-state index contributed by atoms with van der Waals surface area (Å²) in [7, 11) is 1.92. The molecule has 2 heterocycles. The van der Waals surface area contributed by atoms with Crippen molar-refractivity contribution < 1.29 is 9.53 Å². The summed E-state index contributed by atoms with van der Waals surface area (Å²) in [4.78, 5) is 19.5. The van der Waals surface area contributed by atoms with Crippen molar-refractivity contribution in [3.05, 3.63) is 23.8 Å². The molecule has 1 aromatic rings. The van der Waals surface area contributed by atoms with Crippen LogP contribution in [-0.2, 0) is 4.74 Å². The number of ether oxygens (including phenoxy) is 1. The predicted octanol–water partition coefficient (Wildman–Crippen LogP) is 3.17. The number of likely N-dealkylation sites (tertiary alicyclic amines) is 1. The van der Waals surface area contributed by atoms with E-state index in [1.54, 1.807) is 0 Å². The largest absolute Gasteiger partial charge is 0.378 e. The first-order chi connectivity index (χ1) is 13.0. The molecule has 0 aliphatic carbocycles. The number of amides is 2. The van der Waals surface area contributed by atoms with E-state index in [0.29, 0.717) is 12.1 Å². The first kappa shape index (κ1) is 20.0. The van der Waals surface area contributed by atoms with Gasteiger partial charge < -0.3 is 24.8 Å². The van der Waals surface area contributed by atoms with E-state index in [0.717, 1.165) is 63.5 Å². The number of piperidine rings is 1. The van der Waals surface area contributed by atoms with E-state index in [-0.39, 0.29) is 6.03 Å². The lowest BCUT2D eigenvalue weighted by atomic mass is 9.97. The highest BCUT2D eigenvalue weighted by molar-refractivity contribution is 5.90. The molecule has 0 spiro atoms. The number of nitrogens with zero attached hydrogens (tertiary/aromatic N) is 3. The van der Waals surface area contributed by atoms with Crippen LogP contribution in [0.25, 0.3) is 0 Å². The van der Waals surface area contributed by atoms with E-state index in [1.165, 1.54) is 5.69 Å². The lowest BCUT2D eigenvalue weighted by molar-refractivity contribution is 0.104. The number of nitrogens with one attached hydrogen (secondary N) is 1. The molecule has 2 saturated heterocycles. The Balaban J connectivity index is 1.60. The summed E-state index contributed by atoms with van der Waals surface area (Å²) in [6, 6.07) is 7.08. The molecule has 6 nitrogen and oxygen atoms in total. The number of rotatable bonds is 4. The first-order valence-electron chi connectivity index (χ1n) is 10.2. The third-order valence-corrected chi connectivity index (χ3v) is 6.09. The van der Waals surface area contributed by atoms with Gasteiger partial charge in [0.05, 0.1) is 13.2 Å². The number of benzene rings is 1. The second kappa shape index (κ2) is 8.93. The Morgan fingerprint density at radius 2 is 2.04 bits per heavy atom. The van der Waals surface area contributed by atoms with Crippen molar-refractivity contribution >= 4 is 17.4 Å². The molecule has 150 valence electrons. The van der Waals surface area contributed by atoms with Gasteiger partial charge in [0.15, 0.2) is 0 Å². The van der Waals surface area contributed by atoms with Gasteiger partial charge in [-0.3, -0.25) is 0 Å². The summed E-state index contributed by atoms with van der Waals surface area (Å²) < 4.78 is 5.43. The van der Waals surface area contributed by atoms with Crippen LogP contribution in [0.5, 0.6) is 0 Å². The molecule has 3 rings (SSSR count). The topological polar surface area (TPSA) is 48.0 Å². The van der Waals surface area contributed by atoms with Crippen molar-refractivity contribution in [2.45, 2.75) is 45.7 Å². The molecule has 1 N–H and O–H groups in total. The zero-order chi connectivity index (χ0) is 19.4. The molecule has 2 aliphatic rings. The second-order valence-electron chi connectivity index (χ2n) is 7.80. The van der Waals surface area contributed by atoms with Gasteiger partial charge in [-0.25, -0.2) is 4.79 Å². The lowest BCUT2D eigenvalue weighted by Crippen LogP contribution is -2.50. The van der Waals surface area contributed by atoms with E-state index in [2.05, 4.69) is 48.0 Å². The van der Waals surface area contributed by atoms with Gasteiger partial charge in [-0.05, 0) is 57.0 Å². The van der Waals surface area contributed by atoms with Crippen molar-refractivity contribution in [2.75, 3.05) is 56.7 Å². The van der Waals surface area contributed by atoms with Gasteiger partial charge in [-0.2, -0.15) is 0 Å². The maximum atomic E-state index is 12.8. The van der Waals surface area contributed by atoms with Gasteiger partial charge in [-0.1, -0.05) is 6.92 Å². The maximum Gasteiger partial charge on any atom is 0.321 e. The fourth-order valence-electron chi connectivity index (χ4n) is 4.19. The summed E-state index contributed by atoms with van der Waals surface area (Å²) >= 11 is 0. The van der Waals surface area contributed by atoms with Crippen molar-refractivity contribution in [3.63, 3.8) is 0 Å². The Hall–Kier alpha value is -1.79. The van der Waals surface area contributed by atoms with Crippen molar-refractivity contribution in [1.29, 1.82) is 0 Å². The molecule has 6 heteroatoms. The Kier molecular flexibility index (Phi) is 6.60. The molecule has 1 aromatic carbocycles. The third-order valence-electron chi connectivity index (χ3n) is 6.09. The highest BCUT2D eigenvalue weighted by Crippen LogP contribution is 2.25. The number of carbonyl (C=O) groups is 1. The molecule has 2 aliphatic heterocycles. The Bertz CT molecular complexity index is 645. The zero-order valence-electron chi connectivity index (χ0n) is 17.2. The maximum absolute atomic E-state index is 12.8. The zero-order valence-corrected chi connectivity index (χ0v) is 17.2. The monoisotopic (exact) mass is 374 g/mol. The number of morpholine rings is 1. The Morgan fingerprint density at radius 1 is 1.30 bits per heavy atom. The van der Waals surface area contributed by atoms with Crippen LogP contribution in [0.2, 0.25) is 0 Å². The fraction of sp³-hybridized carbons (Fsp3) is 0.667. The predicted molar refractivity (Wildman–Crippen MR) is 111 cm³/mol. The van der Waals surface area contributed by atoms with Crippen molar-refractivity contribution in [1.82, 2.24) is 9.80 Å². The molecule has 2 fully saturated rings. The van der Waals surface area contributed by atoms with Crippen molar-refractivity contribution in [2.24, 2.45) is 0 Å². The summed E-state index contributed by atoms with van der Waals surface area (Å²) in [5.74, 6) is 0.